The number of nitrogens with zero attached hydrogens (tertiary/aromatic N) is 1. The number of rotatable bonds is 3. The van der Waals surface area contributed by atoms with Crippen LogP contribution in [0.2, 0.25) is 0 Å². The second-order valence-corrected chi connectivity index (χ2v) is 6.57. The third-order valence-corrected chi connectivity index (χ3v) is 3.32. The van der Waals surface area contributed by atoms with Crippen molar-refractivity contribution in [2.75, 3.05) is 36.4 Å². The largest absolute Gasteiger partial charge is 0.369 e. The highest BCUT2D eigenvalue weighted by Crippen LogP contribution is 2.21. The molecule has 20 heavy (non-hydrogen) atoms. The standard InChI is InChI=1S/C16H25N3O/c1-16(2,3)12-15(20)18-13-4-6-14(7-5-13)19-10-8-17-9-11-19/h4-7,17H,8-12H2,1-3H3,(H,18,20). The van der Waals surface area contributed by atoms with Crippen molar-refractivity contribution >= 4 is 17.3 Å². The number of carbonyl (C=O) groups is 1. The Morgan fingerprint density at radius 2 is 1.80 bits per heavy atom. The van der Waals surface area contributed by atoms with Crippen molar-refractivity contribution in [2.45, 2.75) is 27.2 Å². The van der Waals surface area contributed by atoms with E-state index < -0.39 is 0 Å². The number of piperazine rings is 1. The van der Waals surface area contributed by atoms with E-state index in [-0.39, 0.29) is 11.3 Å². The van der Waals surface area contributed by atoms with Gasteiger partial charge >= 0.3 is 0 Å². The Labute approximate surface area is 121 Å². The Hall–Kier alpha value is -1.55. The third kappa shape index (κ3) is 4.53. The zero-order chi connectivity index (χ0) is 14.6. The summed E-state index contributed by atoms with van der Waals surface area (Å²) in [5.41, 5.74) is 2.11. The molecule has 0 radical (unpaired) electrons. The highest BCUT2D eigenvalue weighted by molar-refractivity contribution is 5.91. The van der Waals surface area contributed by atoms with E-state index in [0.29, 0.717) is 6.42 Å². The summed E-state index contributed by atoms with van der Waals surface area (Å²) in [7, 11) is 0. The third-order valence-electron chi connectivity index (χ3n) is 3.32. The second-order valence-electron chi connectivity index (χ2n) is 6.57. The fourth-order valence-corrected chi connectivity index (χ4v) is 2.37. The minimum atomic E-state index is 0.0187. The molecule has 1 aromatic rings. The van der Waals surface area contributed by atoms with Gasteiger partial charge < -0.3 is 15.5 Å². The van der Waals surface area contributed by atoms with Gasteiger partial charge in [-0.15, -0.1) is 0 Å². The van der Waals surface area contributed by atoms with Crippen molar-refractivity contribution in [3.05, 3.63) is 24.3 Å². The molecular weight excluding hydrogens is 250 g/mol. The Morgan fingerprint density at radius 1 is 1.20 bits per heavy atom. The van der Waals surface area contributed by atoms with E-state index in [4.69, 9.17) is 0 Å². The SMILES string of the molecule is CC(C)(C)CC(=O)Nc1ccc(N2CCNCC2)cc1. The second kappa shape index (κ2) is 6.27. The molecule has 0 atom stereocenters. The van der Waals surface area contributed by atoms with Crippen molar-refractivity contribution < 1.29 is 4.79 Å². The van der Waals surface area contributed by atoms with Crippen molar-refractivity contribution in [3.63, 3.8) is 0 Å². The summed E-state index contributed by atoms with van der Waals surface area (Å²) < 4.78 is 0. The molecule has 2 N–H and O–H groups in total. The molecule has 1 aliphatic rings. The van der Waals surface area contributed by atoms with Crippen molar-refractivity contribution in [1.29, 1.82) is 0 Å². The van der Waals surface area contributed by atoms with E-state index in [1.54, 1.807) is 0 Å². The quantitative estimate of drug-likeness (QED) is 0.890. The topological polar surface area (TPSA) is 44.4 Å². The number of amides is 1. The van der Waals surface area contributed by atoms with Gasteiger partial charge in [0.25, 0.3) is 0 Å². The van der Waals surface area contributed by atoms with Crippen LogP contribution in [0.4, 0.5) is 11.4 Å². The fourth-order valence-electron chi connectivity index (χ4n) is 2.37. The predicted octanol–water partition coefficient (Wildman–Crippen LogP) is 2.47. The maximum absolute atomic E-state index is 11.9. The van der Waals surface area contributed by atoms with Crippen LogP contribution in [0.5, 0.6) is 0 Å². The van der Waals surface area contributed by atoms with E-state index in [2.05, 4.69) is 48.4 Å². The monoisotopic (exact) mass is 275 g/mol. The molecule has 1 amide bonds. The highest BCUT2D eigenvalue weighted by Gasteiger charge is 2.16. The number of anilines is 2. The van der Waals surface area contributed by atoms with E-state index >= 15 is 0 Å². The van der Waals surface area contributed by atoms with Gasteiger partial charge in [0.05, 0.1) is 0 Å². The van der Waals surface area contributed by atoms with Gasteiger partial charge in [0, 0.05) is 44.0 Å². The highest BCUT2D eigenvalue weighted by atomic mass is 16.1. The molecule has 1 saturated heterocycles. The van der Waals surface area contributed by atoms with Crippen LogP contribution in [0.3, 0.4) is 0 Å². The molecular formula is C16H25N3O. The molecule has 4 nitrogen and oxygen atoms in total. The predicted molar refractivity (Wildman–Crippen MR) is 84.2 cm³/mol. The van der Waals surface area contributed by atoms with Gasteiger partial charge in [0.1, 0.15) is 0 Å². The molecule has 0 aliphatic carbocycles. The summed E-state index contributed by atoms with van der Waals surface area (Å²) in [6, 6.07) is 8.13. The molecule has 1 heterocycles. The van der Waals surface area contributed by atoms with Crippen molar-refractivity contribution in [3.8, 4) is 0 Å². The smallest absolute Gasteiger partial charge is 0.224 e. The lowest BCUT2D eigenvalue weighted by molar-refractivity contribution is -0.117. The van der Waals surface area contributed by atoms with E-state index in [1.807, 2.05) is 12.1 Å². The normalized spacial score (nSPS) is 16.1. The summed E-state index contributed by atoms with van der Waals surface area (Å²) in [4.78, 5) is 14.2. The summed E-state index contributed by atoms with van der Waals surface area (Å²) in [5.74, 6) is 0.0763. The summed E-state index contributed by atoms with van der Waals surface area (Å²) >= 11 is 0. The Balaban J connectivity index is 1.92. The molecule has 4 heteroatoms. The van der Waals surface area contributed by atoms with Gasteiger partial charge in [-0.05, 0) is 29.7 Å². The number of hydrogen-bond donors (Lipinski definition) is 2. The maximum atomic E-state index is 11.9. The molecule has 1 aliphatic heterocycles. The van der Waals surface area contributed by atoms with Crippen LogP contribution < -0.4 is 15.5 Å². The van der Waals surface area contributed by atoms with Gasteiger partial charge in [0.15, 0.2) is 0 Å². The van der Waals surface area contributed by atoms with Gasteiger partial charge in [-0.3, -0.25) is 4.79 Å². The van der Waals surface area contributed by atoms with Crippen LogP contribution in [0.1, 0.15) is 27.2 Å². The van der Waals surface area contributed by atoms with Crippen LogP contribution in [-0.2, 0) is 4.79 Å². The lowest BCUT2D eigenvalue weighted by atomic mass is 9.92. The summed E-state index contributed by atoms with van der Waals surface area (Å²) in [5, 5.41) is 6.30. The number of benzene rings is 1. The maximum Gasteiger partial charge on any atom is 0.224 e. The Kier molecular flexibility index (Phi) is 4.65. The van der Waals surface area contributed by atoms with Gasteiger partial charge in [-0.1, -0.05) is 20.8 Å². The lowest BCUT2D eigenvalue weighted by Crippen LogP contribution is -2.43. The summed E-state index contributed by atoms with van der Waals surface area (Å²) in [6.07, 6.45) is 0.534. The van der Waals surface area contributed by atoms with E-state index in [9.17, 15) is 4.79 Å². The zero-order valence-corrected chi connectivity index (χ0v) is 12.7. The number of hydrogen-bond acceptors (Lipinski definition) is 3. The van der Waals surface area contributed by atoms with Crippen LogP contribution in [0.25, 0.3) is 0 Å². The molecule has 110 valence electrons. The minimum Gasteiger partial charge on any atom is -0.369 e. The lowest BCUT2D eigenvalue weighted by Gasteiger charge is -2.29. The molecule has 0 unspecified atom stereocenters. The van der Waals surface area contributed by atoms with Crippen LogP contribution in [0, 0.1) is 5.41 Å². The minimum absolute atomic E-state index is 0.0187. The fraction of sp³-hybridized carbons (Fsp3) is 0.562. The average molecular weight is 275 g/mol. The van der Waals surface area contributed by atoms with Gasteiger partial charge in [-0.25, -0.2) is 0 Å². The first-order chi connectivity index (χ1) is 9.44. The van der Waals surface area contributed by atoms with E-state index in [1.165, 1.54) is 5.69 Å². The first-order valence-electron chi connectivity index (χ1n) is 7.30. The molecule has 2 rings (SSSR count). The Morgan fingerprint density at radius 3 is 2.35 bits per heavy atom. The van der Waals surface area contributed by atoms with Crippen LogP contribution in [0.15, 0.2) is 24.3 Å². The van der Waals surface area contributed by atoms with Crippen LogP contribution >= 0.6 is 0 Å². The zero-order valence-electron chi connectivity index (χ0n) is 12.7. The average Bonchev–Trinajstić information content (AvgIpc) is 2.38. The van der Waals surface area contributed by atoms with Gasteiger partial charge in [-0.2, -0.15) is 0 Å². The first kappa shape index (κ1) is 14.9. The first-order valence-corrected chi connectivity index (χ1v) is 7.30. The molecule has 0 bridgehead atoms. The van der Waals surface area contributed by atoms with Gasteiger partial charge in [0.2, 0.25) is 5.91 Å². The molecule has 0 aromatic heterocycles. The van der Waals surface area contributed by atoms with E-state index in [0.717, 1.165) is 31.9 Å². The van der Waals surface area contributed by atoms with Crippen molar-refractivity contribution in [1.82, 2.24) is 5.32 Å². The number of carbonyl (C=O) groups excluding carboxylic acids is 1. The summed E-state index contributed by atoms with van der Waals surface area (Å²) in [6.45, 7) is 10.3. The van der Waals surface area contributed by atoms with Crippen LogP contribution in [-0.4, -0.2) is 32.1 Å². The Bertz CT molecular complexity index is 442. The molecule has 1 aromatic carbocycles. The van der Waals surface area contributed by atoms with Crippen molar-refractivity contribution in [2.24, 2.45) is 5.41 Å². The molecule has 0 spiro atoms. The molecule has 0 saturated carbocycles. The number of nitrogens with one attached hydrogen (secondary N) is 2. The molecule has 1 fully saturated rings.